The van der Waals surface area contributed by atoms with Crippen molar-refractivity contribution in [3.63, 3.8) is 0 Å². The summed E-state index contributed by atoms with van der Waals surface area (Å²) in [7, 11) is 0. The average molecular weight is 369 g/mol. The monoisotopic (exact) mass is 369 g/mol. The molecule has 1 amide bonds. The molecule has 0 radical (unpaired) electrons. The number of hydrogen-bond acceptors (Lipinski definition) is 2. The molecule has 140 valence electrons. The second kappa shape index (κ2) is 8.53. The van der Waals surface area contributed by atoms with Crippen LogP contribution in [0.4, 0.5) is 0 Å². The molecule has 4 aromatic rings. The lowest BCUT2D eigenvalue weighted by Gasteiger charge is -2.10. The van der Waals surface area contributed by atoms with Crippen LogP contribution in [0.15, 0.2) is 84.9 Å². The molecule has 0 fully saturated rings. The smallest absolute Gasteiger partial charge is 0.251 e. The van der Waals surface area contributed by atoms with E-state index in [1.165, 1.54) is 5.56 Å². The molecule has 0 aliphatic carbocycles. The molecular weight excluding hydrogens is 346 g/mol. The Kier molecular flexibility index (Phi) is 5.48. The van der Waals surface area contributed by atoms with Gasteiger partial charge in [0.05, 0.1) is 17.6 Å². The summed E-state index contributed by atoms with van der Waals surface area (Å²) in [5, 5.41) is 3.00. The van der Waals surface area contributed by atoms with Crippen LogP contribution in [0.2, 0.25) is 0 Å². The fraction of sp³-hybridized carbons (Fsp3) is 0.167. The van der Waals surface area contributed by atoms with Crippen LogP contribution >= 0.6 is 0 Å². The Morgan fingerprint density at radius 1 is 0.857 bits per heavy atom. The van der Waals surface area contributed by atoms with Gasteiger partial charge in [-0.1, -0.05) is 60.7 Å². The molecule has 4 nitrogen and oxygen atoms in total. The molecule has 3 aromatic carbocycles. The van der Waals surface area contributed by atoms with Gasteiger partial charge in [-0.3, -0.25) is 4.79 Å². The SMILES string of the molecule is O=C(NCc1nc2ccccc2n1CCCc1ccccc1)c1ccccc1. The van der Waals surface area contributed by atoms with Crippen LogP contribution in [-0.4, -0.2) is 15.5 Å². The zero-order valence-corrected chi connectivity index (χ0v) is 15.7. The molecule has 0 spiro atoms. The van der Waals surface area contributed by atoms with Gasteiger partial charge in [0.2, 0.25) is 0 Å². The first-order valence-corrected chi connectivity index (χ1v) is 9.62. The van der Waals surface area contributed by atoms with Crippen molar-refractivity contribution in [3.05, 3.63) is 102 Å². The number of nitrogens with zero attached hydrogens (tertiary/aromatic N) is 2. The van der Waals surface area contributed by atoms with Crippen molar-refractivity contribution < 1.29 is 4.79 Å². The molecule has 0 atom stereocenters. The van der Waals surface area contributed by atoms with Gasteiger partial charge in [-0.15, -0.1) is 0 Å². The second-order valence-electron chi connectivity index (χ2n) is 6.81. The van der Waals surface area contributed by atoms with Crippen LogP contribution in [0.1, 0.15) is 28.2 Å². The van der Waals surface area contributed by atoms with Crippen LogP contribution in [0.3, 0.4) is 0 Å². The van der Waals surface area contributed by atoms with E-state index < -0.39 is 0 Å². The van der Waals surface area contributed by atoms with Crippen molar-refractivity contribution in [1.29, 1.82) is 0 Å². The molecule has 0 saturated heterocycles. The fourth-order valence-electron chi connectivity index (χ4n) is 3.45. The number of para-hydroxylation sites is 2. The summed E-state index contributed by atoms with van der Waals surface area (Å²) in [5.41, 5.74) is 4.07. The number of fused-ring (bicyclic) bond motifs is 1. The molecular formula is C24H23N3O. The van der Waals surface area contributed by atoms with E-state index in [0.717, 1.165) is 36.2 Å². The zero-order chi connectivity index (χ0) is 19.2. The number of imidazole rings is 1. The minimum absolute atomic E-state index is 0.0801. The van der Waals surface area contributed by atoms with Crippen molar-refractivity contribution >= 4 is 16.9 Å². The topological polar surface area (TPSA) is 46.9 Å². The number of carbonyl (C=O) groups is 1. The molecule has 1 aromatic heterocycles. The third kappa shape index (κ3) is 4.12. The summed E-state index contributed by atoms with van der Waals surface area (Å²) >= 11 is 0. The highest BCUT2D eigenvalue weighted by molar-refractivity contribution is 5.94. The molecule has 0 bridgehead atoms. The zero-order valence-electron chi connectivity index (χ0n) is 15.7. The summed E-state index contributed by atoms with van der Waals surface area (Å²) in [6.07, 6.45) is 2.03. The number of hydrogen-bond donors (Lipinski definition) is 1. The van der Waals surface area contributed by atoms with Crippen LogP contribution in [0.5, 0.6) is 0 Å². The highest BCUT2D eigenvalue weighted by Gasteiger charge is 2.12. The lowest BCUT2D eigenvalue weighted by Crippen LogP contribution is -2.24. The molecule has 0 aliphatic rings. The highest BCUT2D eigenvalue weighted by Crippen LogP contribution is 2.17. The van der Waals surface area contributed by atoms with Gasteiger partial charge in [-0.2, -0.15) is 0 Å². The van der Waals surface area contributed by atoms with Crippen molar-refractivity contribution in [2.45, 2.75) is 25.9 Å². The first-order chi connectivity index (χ1) is 13.8. The van der Waals surface area contributed by atoms with E-state index in [-0.39, 0.29) is 5.91 Å². The quantitative estimate of drug-likeness (QED) is 0.517. The maximum Gasteiger partial charge on any atom is 0.251 e. The van der Waals surface area contributed by atoms with Crippen molar-refractivity contribution in [2.24, 2.45) is 0 Å². The van der Waals surface area contributed by atoms with E-state index in [2.05, 4.69) is 40.2 Å². The second-order valence-corrected chi connectivity index (χ2v) is 6.81. The van der Waals surface area contributed by atoms with E-state index in [1.807, 2.05) is 54.6 Å². The van der Waals surface area contributed by atoms with Crippen molar-refractivity contribution in [3.8, 4) is 0 Å². The Morgan fingerprint density at radius 3 is 2.32 bits per heavy atom. The number of rotatable bonds is 7. The maximum atomic E-state index is 12.4. The summed E-state index contributed by atoms with van der Waals surface area (Å²) in [6, 6.07) is 27.9. The van der Waals surface area contributed by atoms with Crippen LogP contribution in [0.25, 0.3) is 11.0 Å². The standard InChI is InChI=1S/C24H23N3O/c28-24(20-13-5-2-6-14-20)25-18-23-26-21-15-7-8-16-22(21)27(23)17-9-12-19-10-3-1-4-11-19/h1-8,10-11,13-16H,9,12,17-18H2,(H,25,28). The third-order valence-electron chi connectivity index (χ3n) is 4.87. The predicted molar refractivity (Wildman–Crippen MR) is 112 cm³/mol. The molecule has 0 aliphatic heterocycles. The molecule has 1 heterocycles. The van der Waals surface area contributed by atoms with E-state index in [9.17, 15) is 4.79 Å². The van der Waals surface area contributed by atoms with E-state index in [1.54, 1.807) is 0 Å². The normalized spacial score (nSPS) is 10.9. The number of nitrogens with one attached hydrogen (secondary N) is 1. The van der Waals surface area contributed by atoms with Gasteiger partial charge in [0.15, 0.2) is 0 Å². The van der Waals surface area contributed by atoms with Gasteiger partial charge in [0, 0.05) is 12.1 Å². The summed E-state index contributed by atoms with van der Waals surface area (Å²) in [6.45, 7) is 1.28. The lowest BCUT2D eigenvalue weighted by atomic mass is 10.1. The Morgan fingerprint density at radius 2 is 1.54 bits per heavy atom. The summed E-state index contributed by atoms with van der Waals surface area (Å²) in [5.74, 6) is 0.807. The average Bonchev–Trinajstić information content (AvgIpc) is 3.11. The molecule has 4 heteroatoms. The van der Waals surface area contributed by atoms with Crippen LogP contribution in [-0.2, 0) is 19.5 Å². The van der Waals surface area contributed by atoms with E-state index >= 15 is 0 Å². The van der Waals surface area contributed by atoms with Crippen molar-refractivity contribution in [2.75, 3.05) is 0 Å². The Balaban J connectivity index is 1.49. The molecule has 4 rings (SSSR count). The number of carbonyl (C=O) groups excluding carboxylic acids is 1. The Hall–Kier alpha value is -3.40. The van der Waals surface area contributed by atoms with Gasteiger partial charge in [0.1, 0.15) is 5.82 Å². The maximum absolute atomic E-state index is 12.4. The van der Waals surface area contributed by atoms with Gasteiger partial charge in [-0.05, 0) is 42.7 Å². The van der Waals surface area contributed by atoms with Crippen molar-refractivity contribution in [1.82, 2.24) is 14.9 Å². The molecule has 1 N–H and O–H groups in total. The highest BCUT2D eigenvalue weighted by atomic mass is 16.1. The van der Waals surface area contributed by atoms with E-state index in [4.69, 9.17) is 4.98 Å². The number of benzene rings is 3. The third-order valence-corrected chi connectivity index (χ3v) is 4.87. The lowest BCUT2D eigenvalue weighted by molar-refractivity contribution is 0.0949. The Labute approximate surface area is 164 Å². The van der Waals surface area contributed by atoms with Crippen LogP contribution < -0.4 is 5.32 Å². The molecule has 0 saturated carbocycles. The predicted octanol–water partition coefficient (Wildman–Crippen LogP) is 4.60. The fourth-order valence-corrected chi connectivity index (χ4v) is 3.45. The van der Waals surface area contributed by atoms with Crippen LogP contribution in [0, 0.1) is 0 Å². The number of amides is 1. The largest absolute Gasteiger partial charge is 0.345 e. The van der Waals surface area contributed by atoms with E-state index in [0.29, 0.717) is 12.1 Å². The Bertz CT molecular complexity index is 1060. The first kappa shape index (κ1) is 18.0. The molecule has 28 heavy (non-hydrogen) atoms. The minimum atomic E-state index is -0.0801. The summed E-state index contributed by atoms with van der Waals surface area (Å²) in [4.78, 5) is 17.1. The number of aromatic nitrogens is 2. The number of aryl methyl sites for hydroxylation is 2. The minimum Gasteiger partial charge on any atom is -0.345 e. The molecule has 0 unspecified atom stereocenters. The van der Waals surface area contributed by atoms with Gasteiger partial charge >= 0.3 is 0 Å². The van der Waals surface area contributed by atoms with Gasteiger partial charge in [-0.25, -0.2) is 4.98 Å². The first-order valence-electron chi connectivity index (χ1n) is 9.62. The van der Waals surface area contributed by atoms with Gasteiger partial charge < -0.3 is 9.88 Å². The van der Waals surface area contributed by atoms with Gasteiger partial charge in [0.25, 0.3) is 5.91 Å². The summed E-state index contributed by atoms with van der Waals surface area (Å²) < 4.78 is 2.23.